The molecule has 1 aromatic rings. The van der Waals surface area contributed by atoms with E-state index in [1.807, 2.05) is 4.90 Å². The van der Waals surface area contributed by atoms with Crippen LogP contribution in [-0.2, 0) is 0 Å². The van der Waals surface area contributed by atoms with Gasteiger partial charge in [0.05, 0.1) is 0 Å². The normalized spacial score (nSPS) is 18.9. The van der Waals surface area contributed by atoms with Gasteiger partial charge in [-0.1, -0.05) is 23.2 Å². The average Bonchev–Trinajstić information content (AvgIpc) is 2.38. The fourth-order valence-electron chi connectivity index (χ4n) is 2.55. The monoisotopic (exact) mass is 315 g/mol. The lowest BCUT2D eigenvalue weighted by Gasteiger charge is -2.32. The Labute approximate surface area is 129 Å². The maximum absolute atomic E-state index is 12.2. The van der Waals surface area contributed by atoms with Crippen molar-refractivity contribution in [2.75, 3.05) is 25.0 Å². The second-order valence-electron chi connectivity index (χ2n) is 5.12. The number of hydrogen-bond acceptors (Lipinski definition) is 2. The summed E-state index contributed by atoms with van der Waals surface area (Å²) < 4.78 is 0. The Hall–Kier alpha value is -0.970. The smallest absolute Gasteiger partial charge is 0.321 e. The van der Waals surface area contributed by atoms with Crippen molar-refractivity contribution in [3.05, 3.63) is 28.2 Å². The first-order valence-electron chi connectivity index (χ1n) is 6.80. The van der Waals surface area contributed by atoms with Gasteiger partial charge in [0.1, 0.15) is 0 Å². The molecule has 6 heteroatoms. The number of rotatable bonds is 3. The van der Waals surface area contributed by atoms with Crippen molar-refractivity contribution in [1.82, 2.24) is 4.90 Å². The summed E-state index contributed by atoms with van der Waals surface area (Å²) in [4.78, 5) is 14.1. The lowest BCUT2D eigenvalue weighted by Crippen LogP contribution is -2.42. The summed E-state index contributed by atoms with van der Waals surface area (Å²) in [6, 6.07) is 4.90. The molecule has 1 aliphatic rings. The van der Waals surface area contributed by atoms with Crippen LogP contribution in [0.15, 0.2) is 18.2 Å². The standard InChI is InChI=1S/C14H19Cl2N3O/c15-11-6-12(16)8-13(7-11)18-14(20)19-5-1-2-10(9-19)3-4-17/h6-8,10H,1-5,9,17H2,(H,18,20). The molecule has 1 aliphatic heterocycles. The summed E-state index contributed by atoms with van der Waals surface area (Å²) in [5.41, 5.74) is 6.21. The molecule has 2 amide bonds. The van der Waals surface area contributed by atoms with E-state index in [2.05, 4.69) is 5.32 Å². The molecule has 1 aromatic carbocycles. The maximum atomic E-state index is 12.2. The number of amides is 2. The molecular weight excluding hydrogens is 297 g/mol. The quantitative estimate of drug-likeness (QED) is 0.895. The molecular formula is C14H19Cl2N3O. The van der Waals surface area contributed by atoms with Crippen molar-refractivity contribution in [1.29, 1.82) is 0 Å². The second kappa shape index (κ2) is 7.16. The van der Waals surface area contributed by atoms with E-state index in [0.29, 0.717) is 28.2 Å². The number of hydrogen-bond donors (Lipinski definition) is 2. The number of halogens is 2. The number of benzene rings is 1. The molecule has 3 N–H and O–H groups in total. The van der Waals surface area contributed by atoms with Gasteiger partial charge in [-0.15, -0.1) is 0 Å². The molecule has 0 aliphatic carbocycles. The van der Waals surface area contributed by atoms with Crippen molar-refractivity contribution in [3.63, 3.8) is 0 Å². The Morgan fingerprint density at radius 2 is 2.05 bits per heavy atom. The number of urea groups is 1. The van der Waals surface area contributed by atoms with E-state index in [1.54, 1.807) is 18.2 Å². The molecule has 1 fully saturated rings. The first-order chi connectivity index (χ1) is 9.58. The molecule has 1 atom stereocenters. The predicted octanol–water partition coefficient (Wildman–Crippen LogP) is 3.59. The first-order valence-corrected chi connectivity index (χ1v) is 7.56. The zero-order valence-corrected chi connectivity index (χ0v) is 12.8. The molecule has 0 saturated carbocycles. The van der Waals surface area contributed by atoms with Crippen LogP contribution in [0.2, 0.25) is 10.0 Å². The van der Waals surface area contributed by atoms with Gasteiger partial charge in [0.2, 0.25) is 0 Å². The number of nitrogens with zero attached hydrogens (tertiary/aromatic N) is 1. The molecule has 1 unspecified atom stereocenters. The van der Waals surface area contributed by atoms with Crippen LogP contribution in [0, 0.1) is 5.92 Å². The number of nitrogens with one attached hydrogen (secondary N) is 1. The minimum atomic E-state index is -0.106. The highest BCUT2D eigenvalue weighted by atomic mass is 35.5. The molecule has 1 saturated heterocycles. The lowest BCUT2D eigenvalue weighted by molar-refractivity contribution is 0.175. The Morgan fingerprint density at radius 1 is 1.35 bits per heavy atom. The summed E-state index contributed by atoms with van der Waals surface area (Å²) in [7, 11) is 0. The van der Waals surface area contributed by atoms with Crippen LogP contribution in [0.1, 0.15) is 19.3 Å². The fourth-order valence-corrected chi connectivity index (χ4v) is 3.08. The molecule has 1 heterocycles. The van der Waals surface area contributed by atoms with Crippen molar-refractivity contribution < 1.29 is 4.79 Å². The van der Waals surface area contributed by atoms with Crippen LogP contribution >= 0.6 is 23.2 Å². The van der Waals surface area contributed by atoms with Crippen LogP contribution < -0.4 is 11.1 Å². The molecule has 110 valence electrons. The second-order valence-corrected chi connectivity index (χ2v) is 5.99. The highest BCUT2D eigenvalue weighted by Crippen LogP contribution is 2.24. The third-order valence-corrected chi connectivity index (χ3v) is 3.93. The third-order valence-electron chi connectivity index (χ3n) is 3.49. The maximum Gasteiger partial charge on any atom is 0.321 e. The fraction of sp³-hybridized carbons (Fsp3) is 0.500. The van der Waals surface area contributed by atoms with E-state index in [9.17, 15) is 4.79 Å². The molecule has 0 radical (unpaired) electrons. The Morgan fingerprint density at radius 3 is 2.70 bits per heavy atom. The summed E-state index contributed by atoms with van der Waals surface area (Å²) >= 11 is 11.8. The van der Waals surface area contributed by atoms with Crippen LogP contribution in [0.5, 0.6) is 0 Å². The van der Waals surface area contributed by atoms with Gasteiger partial charge in [0.15, 0.2) is 0 Å². The summed E-state index contributed by atoms with van der Waals surface area (Å²) in [6.07, 6.45) is 3.13. The summed E-state index contributed by atoms with van der Waals surface area (Å²) in [6.45, 7) is 2.21. The highest BCUT2D eigenvalue weighted by molar-refractivity contribution is 6.35. The van der Waals surface area contributed by atoms with E-state index in [1.165, 1.54) is 0 Å². The Kier molecular flexibility index (Phi) is 5.52. The number of carbonyl (C=O) groups excluding carboxylic acids is 1. The zero-order chi connectivity index (χ0) is 14.5. The third kappa shape index (κ3) is 4.27. The summed E-state index contributed by atoms with van der Waals surface area (Å²) in [5, 5.41) is 3.86. The number of carbonyl (C=O) groups is 1. The zero-order valence-electron chi connectivity index (χ0n) is 11.2. The Balaban J connectivity index is 1.97. The van der Waals surface area contributed by atoms with Crippen molar-refractivity contribution in [2.45, 2.75) is 19.3 Å². The van der Waals surface area contributed by atoms with Gasteiger partial charge in [0.25, 0.3) is 0 Å². The molecule has 2 rings (SSSR count). The number of likely N-dealkylation sites (tertiary alicyclic amines) is 1. The van der Waals surface area contributed by atoms with Crippen LogP contribution in [0.25, 0.3) is 0 Å². The van der Waals surface area contributed by atoms with Crippen LogP contribution in [-0.4, -0.2) is 30.6 Å². The molecule has 20 heavy (non-hydrogen) atoms. The SMILES string of the molecule is NCCC1CCCN(C(=O)Nc2cc(Cl)cc(Cl)c2)C1. The number of piperidine rings is 1. The lowest BCUT2D eigenvalue weighted by atomic mass is 9.95. The van der Waals surface area contributed by atoms with Gasteiger partial charge < -0.3 is 16.0 Å². The van der Waals surface area contributed by atoms with E-state index in [0.717, 1.165) is 32.4 Å². The van der Waals surface area contributed by atoms with E-state index < -0.39 is 0 Å². The van der Waals surface area contributed by atoms with Gasteiger partial charge in [-0.3, -0.25) is 0 Å². The van der Waals surface area contributed by atoms with Crippen molar-refractivity contribution in [2.24, 2.45) is 11.7 Å². The minimum absolute atomic E-state index is 0.106. The molecule has 0 spiro atoms. The van der Waals surface area contributed by atoms with E-state index in [4.69, 9.17) is 28.9 Å². The highest BCUT2D eigenvalue weighted by Gasteiger charge is 2.23. The van der Waals surface area contributed by atoms with E-state index in [-0.39, 0.29) is 6.03 Å². The van der Waals surface area contributed by atoms with Gasteiger partial charge in [-0.05, 0) is 49.9 Å². The minimum Gasteiger partial charge on any atom is -0.330 e. The molecule has 0 aromatic heterocycles. The number of anilines is 1. The first kappa shape index (κ1) is 15.4. The van der Waals surface area contributed by atoms with Crippen molar-refractivity contribution >= 4 is 34.9 Å². The average molecular weight is 316 g/mol. The largest absolute Gasteiger partial charge is 0.330 e. The van der Waals surface area contributed by atoms with Crippen LogP contribution in [0.4, 0.5) is 10.5 Å². The topological polar surface area (TPSA) is 58.4 Å². The van der Waals surface area contributed by atoms with Crippen molar-refractivity contribution in [3.8, 4) is 0 Å². The van der Waals surface area contributed by atoms with E-state index >= 15 is 0 Å². The molecule has 4 nitrogen and oxygen atoms in total. The van der Waals surface area contributed by atoms with Gasteiger partial charge in [0, 0.05) is 28.8 Å². The predicted molar refractivity (Wildman–Crippen MR) is 83.4 cm³/mol. The van der Waals surface area contributed by atoms with Crippen LogP contribution in [0.3, 0.4) is 0 Å². The van der Waals surface area contributed by atoms with Gasteiger partial charge in [-0.25, -0.2) is 4.79 Å². The van der Waals surface area contributed by atoms with Gasteiger partial charge in [-0.2, -0.15) is 0 Å². The van der Waals surface area contributed by atoms with Gasteiger partial charge >= 0.3 is 6.03 Å². The summed E-state index contributed by atoms with van der Waals surface area (Å²) in [5.74, 6) is 0.502. The molecule has 0 bridgehead atoms. The Bertz CT molecular complexity index is 459. The number of nitrogens with two attached hydrogens (primary N) is 1.